The van der Waals surface area contributed by atoms with Crippen LogP contribution in [0.5, 0.6) is 0 Å². The van der Waals surface area contributed by atoms with Crippen LogP contribution in [0.25, 0.3) is 0 Å². The molecule has 0 fully saturated rings. The van der Waals surface area contributed by atoms with E-state index in [-0.39, 0.29) is 0 Å². The molecule has 0 saturated heterocycles. The molecule has 1 atom stereocenters. The first-order chi connectivity index (χ1) is 4.95. The lowest BCUT2D eigenvalue weighted by atomic mass is 9.91. The van der Waals surface area contributed by atoms with E-state index in [2.05, 4.69) is 30.4 Å². The van der Waals surface area contributed by atoms with Crippen LogP contribution in [0.3, 0.4) is 0 Å². The van der Waals surface area contributed by atoms with E-state index in [1.807, 2.05) is 0 Å². The predicted octanol–water partition coefficient (Wildman–Crippen LogP) is 2.84. The molecule has 1 unspecified atom stereocenters. The zero-order valence-electron chi connectivity index (χ0n) is 6.09. The van der Waals surface area contributed by atoms with E-state index in [4.69, 9.17) is 0 Å². The fourth-order valence-corrected chi connectivity index (χ4v) is 1.66. The van der Waals surface area contributed by atoms with E-state index < -0.39 is 0 Å². The van der Waals surface area contributed by atoms with Gasteiger partial charge < -0.3 is 0 Å². The summed E-state index contributed by atoms with van der Waals surface area (Å²) in [5.41, 5.74) is 1.53. The van der Waals surface area contributed by atoms with Crippen molar-refractivity contribution < 1.29 is 0 Å². The quantitative estimate of drug-likeness (QED) is 0.475. The highest BCUT2D eigenvalue weighted by molar-refractivity contribution is 5.29. The third-order valence-corrected chi connectivity index (χ3v) is 2.21. The molecule has 2 aliphatic carbocycles. The molecule has 52 valence electrons. The van der Waals surface area contributed by atoms with Crippen LogP contribution in [0.4, 0.5) is 0 Å². The number of fused-ring (bicyclic) bond motifs is 1. The molecule has 0 saturated carbocycles. The van der Waals surface area contributed by atoms with Gasteiger partial charge in [0.15, 0.2) is 0 Å². The molecule has 2 bridgehead atoms. The van der Waals surface area contributed by atoms with Crippen molar-refractivity contribution in [3.05, 3.63) is 36.0 Å². The summed E-state index contributed by atoms with van der Waals surface area (Å²) in [4.78, 5) is 0. The lowest BCUT2D eigenvalue weighted by molar-refractivity contribution is 0.620. The molecule has 0 N–H and O–H groups in total. The third-order valence-electron chi connectivity index (χ3n) is 2.21. The summed E-state index contributed by atoms with van der Waals surface area (Å²) in [6.07, 6.45) is 15.2. The molecule has 0 spiro atoms. The molecule has 0 heteroatoms. The zero-order valence-corrected chi connectivity index (χ0v) is 6.09. The lowest BCUT2D eigenvalue weighted by Gasteiger charge is -2.14. The van der Waals surface area contributed by atoms with Crippen LogP contribution in [0.2, 0.25) is 0 Å². The Bertz CT molecular complexity index is 206. The third kappa shape index (κ3) is 1.06. The Morgan fingerprint density at radius 3 is 3.30 bits per heavy atom. The van der Waals surface area contributed by atoms with Crippen LogP contribution in [-0.2, 0) is 0 Å². The maximum absolute atomic E-state index is 2.39. The standard InChI is InChI=1S/C10H12/c1-2-5-10-7-3-6-9(4-1)8-10/h1-2,4-5,8-9H,3,6-7H2. The Morgan fingerprint density at radius 1 is 1.30 bits per heavy atom. The van der Waals surface area contributed by atoms with Crippen molar-refractivity contribution in [2.75, 3.05) is 0 Å². The normalized spacial score (nSPS) is 29.6. The number of hydrogen-bond donors (Lipinski definition) is 0. The van der Waals surface area contributed by atoms with Gasteiger partial charge in [-0.05, 0) is 25.2 Å². The van der Waals surface area contributed by atoms with Gasteiger partial charge in [-0.2, -0.15) is 0 Å². The molecule has 0 aromatic heterocycles. The highest BCUT2D eigenvalue weighted by Gasteiger charge is 2.09. The van der Waals surface area contributed by atoms with Gasteiger partial charge in [-0.1, -0.05) is 36.0 Å². The van der Waals surface area contributed by atoms with Gasteiger partial charge in [0, 0.05) is 0 Å². The average molecular weight is 132 g/mol. The van der Waals surface area contributed by atoms with Crippen molar-refractivity contribution in [2.24, 2.45) is 5.92 Å². The van der Waals surface area contributed by atoms with Crippen molar-refractivity contribution in [3.8, 4) is 0 Å². The lowest BCUT2D eigenvalue weighted by Crippen LogP contribution is -1.98. The van der Waals surface area contributed by atoms with Crippen LogP contribution in [0.1, 0.15) is 19.3 Å². The molecular formula is C10H12. The largest absolute Gasteiger partial charge is 0.0776 e. The molecule has 0 aromatic rings. The average Bonchev–Trinajstić information content (AvgIpc) is 2.12. The van der Waals surface area contributed by atoms with E-state index in [0.717, 1.165) is 5.92 Å². The summed E-state index contributed by atoms with van der Waals surface area (Å²) >= 11 is 0. The van der Waals surface area contributed by atoms with E-state index in [1.165, 1.54) is 24.8 Å². The SMILES string of the molecule is C1=CC2=CC(C=C1)CCC2. The highest BCUT2D eigenvalue weighted by atomic mass is 14.1. The van der Waals surface area contributed by atoms with E-state index in [0.29, 0.717) is 0 Å². The Labute approximate surface area is 61.9 Å². The van der Waals surface area contributed by atoms with Gasteiger partial charge in [-0.15, -0.1) is 0 Å². The molecule has 0 radical (unpaired) electrons. The Hall–Kier alpha value is -0.780. The summed E-state index contributed by atoms with van der Waals surface area (Å²) < 4.78 is 0. The zero-order chi connectivity index (χ0) is 6.81. The molecule has 10 heavy (non-hydrogen) atoms. The molecular weight excluding hydrogens is 120 g/mol. The fraction of sp³-hybridized carbons (Fsp3) is 0.400. The van der Waals surface area contributed by atoms with Crippen LogP contribution >= 0.6 is 0 Å². The van der Waals surface area contributed by atoms with Gasteiger partial charge in [-0.3, -0.25) is 0 Å². The molecule has 2 rings (SSSR count). The van der Waals surface area contributed by atoms with Crippen molar-refractivity contribution in [1.29, 1.82) is 0 Å². The van der Waals surface area contributed by atoms with Crippen molar-refractivity contribution in [3.63, 3.8) is 0 Å². The summed E-state index contributed by atoms with van der Waals surface area (Å²) in [5.74, 6) is 0.735. The first kappa shape index (κ1) is 5.96. The van der Waals surface area contributed by atoms with Gasteiger partial charge >= 0.3 is 0 Å². The topological polar surface area (TPSA) is 0 Å². The van der Waals surface area contributed by atoms with Crippen LogP contribution in [0.15, 0.2) is 36.0 Å². The van der Waals surface area contributed by atoms with E-state index >= 15 is 0 Å². The molecule has 2 aliphatic rings. The second-order valence-corrected chi connectivity index (χ2v) is 3.04. The fourth-order valence-electron chi connectivity index (χ4n) is 1.66. The predicted molar refractivity (Wildman–Crippen MR) is 43.7 cm³/mol. The van der Waals surface area contributed by atoms with E-state index in [1.54, 1.807) is 0 Å². The molecule has 0 nitrogen and oxygen atoms in total. The summed E-state index contributed by atoms with van der Waals surface area (Å²) in [5, 5.41) is 0. The minimum Gasteiger partial charge on any atom is -0.0776 e. The molecule has 0 aromatic carbocycles. The maximum Gasteiger partial charge on any atom is -0.00444 e. The molecule has 0 heterocycles. The first-order valence-electron chi connectivity index (χ1n) is 4.01. The minimum atomic E-state index is 0.735. The van der Waals surface area contributed by atoms with Gasteiger partial charge in [0.2, 0.25) is 0 Å². The maximum atomic E-state index is 2.39. The summed E-state index contributed by atoms with van der Waals surface area (Å²) in [7, 11) is 0. The number of allylic oxidation sites excluding steroid dienone is 6. The summed E-state index contributed by atoms with van der Waals surface area (Å²) in [6.45, 7) is 0. The van der Waals surface area contributed by atoms with Crippen LogP contribution < -0.4 is 0 Å². The Balaban J connectivity index is 2.30. The number of rotatable bonds is 0. The van der Waals surface area contributed by atoms with Crippen molar-refractivity contribution >= 4 is 0 Å². The first-order valence-corrected chi connectivity index (χ1v) is 4.01. The Morgan fingerprint density at radius 2 is 2.30 bits per heavy atom. The second-order valence-electron chi connectivity index (χ2n) is 3.04. The van der Waals surface area contributed by atoms with Gasteiger partial charge in [0.05, 0.1) is 0 Å². The Kier molecular flexibility index (Phi) is 1.46. The monoisotopic (exact) mass is 132 g/mol. The minimum absolute atomic E-state index is 0.735. The van der Waals surface area contributed by atoms with E-state index in [9.17, 15) is 0 Å². The van der Waals surface area contributed by atoms with Gasteiger partial charge in [0.25, 0.3) is 0 Å². The summed E-state index contributed by atoms with van der Waals surface area (Å²) in [6, 6.07) is 0. The highest BCUT2D eigenvalue weighted by Crippen LogP contribution is 2.26. The van der Waals surface area contributed by atoms with Gasteiger partial charge in [-0.25, -0.2) is 0 Å². The van der Waals surface area contributed by atoms with Crippen LogP contribution in [-0.4, -0.2) is 0 Å². The number of hydrogen-bond acceptors (Lipinski definition) is 0. The van der Waals surface area contributed by atoms with Crippen LogP contribution in [0, 0.1) is 5.92 Å². The van der Waals surface area contributed by atoms with Crippen molar-refractivity contribution in [2.45, 2.75) is 19.3 Å². The van der Waals surface area contributed by atoms with Crippen molar-refractivity contribution in [1.82, 2.24) is 0 Å². The molecule has 0 aliphatic heterocycles. The van der Waals surface area contributed by atoms with Gasteiger partial charge in [0.1, 0.15) is 0 Å². The molecule has 0 amide bonds. The smallest absolute Gasteiger partial charge is 0.00444 e. The second kappa shape index (κ2) is 2.45.